The van der Waals surface area contributed by atoms with Gasteiger partial charge in [-0.05, 0) is 31.5 Å². The quantitative estimate of drug-likeness (QED) is 0.347. The number of imidazole rings is 1. The number of carboxylic acids is 1. The molecule has 4 heterocycles. The number of β-lactam (4-membered cyclic amide) rings is 1. The average molecular weight is 492 g/mol. The van der Waals surface area contributed by atoms with Crippen molar-refractivity contribution in [3.05, 3.63) is 28.8 Å². The number of thiazole rings is 1. The summed E-state index contributed by atoms with van der Waals surface area (Å²) in [6, 6.07) is -0.364. The fourth-order valence-electron chi connectivity index (χ4n) is 4.15. The molecule has 2 aromatic rings. The molecule has 3 atom stereocenters. The third-order valence-electron chi connectivity index (χ3n) is 7.07. The number of carbonyl (C=O) groups is 3. The minimum atomic E-state index is -2.10. The van der Waals surface area contributed by atoms with Gasteiger partial charge in [0.05, 0.1) is 29.5 Å². The van der Waals surface area contributed by atoms with Crippen molar-refractivity contribution in [2.45, 2.75) is 64.4 Å². The SMILES string of the molecule is C[C@@H](O)[C@H]1C(=O)N2C(C(=O)O)=C(c3cn4cnc(C(=O)CO[Si](C)(C)C(C)(C)C)c4s3)C[C@H]12. The predicted octanol–water partition coefficient (Wildman–Crippen LogP) is 3.01. The normalized spacial score (nSPS) is 22.0. The molecule has 0 unspecified atom stereocenters. The lowest BCUT2D eigenvalue weighted by atomic mass is 9.83. The van der Waals surface area contributed by atoms with E-state index in [-0.39, 0.29) is 35.1 Å². The third-order valence-corrected chi connectivity index (χ3v) is 12.7. The van der Waals surface area contributed by atoms with Gasteiger partial charge in [-0.15, -0.1) is 11.3 Å². The first kappa shape index (κ1) is 23.8. The second-order valence-electron chi connectivity index (χ2n) is 10.3. The Balaban J connectivity index is 1.62. The van der Waals surface area contributed by atoms with Crippen LogP contribution in [0.25, 0.3) is 10.4 Å². The van der Waals surface area contributed by atoms with E-state index in [0.29, 0.717) is 27.4 Å². The maximum Gasteiger partial charge on any atom is 0.352 e. The Bertz CT molecular complexity index is 1190. The van der Waals surface area contributed by atoms with E-state index in [0.717, 1.165) is 0 Å². The van der Waals surface area contributed by atoms with Crippen molar-refractivity contribution in [3.63, 3.8) is 0 Å². The Kier molecular flexibility index (Phi) is 5.67. The number of aliphatic carboxylic acids is 1. The summed E-state index contributed by atoms with van der Waals surface area (Å²) in [6.45, 7) is 12.0. The van der Waals surface area contributed by atoms with E-state index in [9.17, 15) is 24.6 Å². The molecule has 0 bridgehead atoms. The van der Waals surface area contributed by atoms with Gasteiger partial charge in [-0.1, -0.05) is 20.8 Å². The van der Waals surface area contributed by atoms with Gasteiger partial charge in [0.2, 0.25) is 11.7 Å². The number of aromatic nitrogens is 2. The smallest absolute Gasteiger partial charge is 0.352 e. The monoisotopic (exact) mass is 491 g/mol. The molecule has 0 aromatic carbocycles. The second-order valence-corrected chi connectivity index (χ2v) is 16.1. The van der Waals surface area contributed by atoms with Crippen molar-refractivity contribution in [1.29, 1.82) is 0 Å². The van der Waals surface area contributed by atoms with Crippen LogP contribution in [0.1, 0.15) is 49.5 Å². The van der Waals surface area contributed by atoms with Crippen LogP contribution >= 0.6 is 11.3 Å². The zero-order valence-electron chi connectivity index (χ0n) is 19.6. The largest absolute Gasteiger partial charge is 0.477 e. The van der Waals surface area contributed by atoms with E-state index in [4.69, 9.17) is 4.43 Å². The van der Waals surface area contributed by atoms with E-state index >= 15 is 0 Å². The molecular weight excluding hydrogens is 462 g/mol. The Morgan fingerprint density at radius 1 is 1.36 bits per heavy atom. The van der Waals surface area contributed by atoms with E-state index in [1.807, 2.05) is 0 Å². The molecule has 11 heteroatoms. The first-order valence-electron chi connectivity index (χ1n) is 10.9. The number of carbonyl (C=O) groups excluding carboxylic acids is 2. The average Bonchev–Trinajstić information content (AvgIpc) is 3.35. The van der Waals surface area contributed by atoms with Crippen LogP contribution in [0.15, 0.2) is 18.2 Å². The van der Waals surface area contributed by atoms with Gasteiger partial charge in [0.1, 0.15) is 22.5 Å². The van der Waals surface area contributed by atoms with E-state index < -0.39 is 26.3 Å². The van der Waals surface area contributed by atoms with Gasteiger partial charge in [-0.2, -0.15) is 0 Å². The Morgan fingerprint density at radius 3 is 2.61 bits per heavy atom. The fraction of sp³-hybridized carbons (Fsp3) is 0.545. The van der Waals surface area contributed by atoms with Crippen molar-refractivity contribution in [2.24, 2.45) is 5.92 Å². The van der Waals surface area contributed by atoms with Gasteiger partial charge in [0.15, 0.2) is 8.32 Å². The zero-order chi connectivity index (χ0) is 24.5. The molecule has 2 aliphatic rings. The first-order valence-corrected chi connectivity index (χ1v) is 14.6. The predicted molar refractivity (Wildman–Crippen MR) is 126 cm³/mol. The summed E-state index contributed by atoms with van der Waals surface area (Å²) >= 11 is 1.27. The molecule has 33 heavy (non-hydrogen) atoms. The molecule has 2 N–H and O–H groups in total. The van der Waals surface area contributed by atoms with Gasteiger partial charge in [-0.25, -0.2) is 9.78 Å². The Labute approximate surface area is 196 Å². The topological polar surface area (TPSA) is 121 Å². The molecule has 2 aliphatic heterocycles. The van der Waals surface area contributed by atoms with Gasteiger partial charge < -0.3 is 19.5 Å². The fourth-order valence-corrected chi connectivity index (χ4v) is 6.22. The molecular formula is C22H29N3O6SSi. The molecule has 9 nitrogen and oxygen atoms in total. The number of Topliss-reactive ketones (excluding diaryl/α,β-unsaturated/α-hetero) is 1. The highest BCUT2D eigenvalue weighted by molar-refractivity contribution is 7.18. The second kappa shape index (κ2) is 7.86. The number of carboxylic acid groups (broad SMARTS) is 1. The minimum Gasteiger partial charge on any atom is -0.477 e. The molecule has 1 fully saturated rings. The van der Waals surface area contributed by atoms with E-state index in [1.54, 1.807) is 17.5 Å². The number of rotatable bonds is 7. The maximum absolute atomic E-state index is 12.9. The van der Waals surface area contributed by atoms with Crippen molar-refractivity contribution in [1.82, 2.24) is 14.3 Å². The minimum absolute atomic E-state index is 0.0227. The number of amides is 1. The number of nitrogens with zero attached hydrogens (tertiary/aromatic N) is 3. The summed E-state index contributed by atoms with van der Waals surface area (Å²) < 4.78 is 7.76. The van der Waals surface area contributed by atoms with Crippen LogP contribution in [-0.4, -0.2) is 69.2 Å². The van der Waals surface area contributed by atoms with Gasteiger partial charge in [-0.3, -0.25) is 14.0 Å². The summed E-state index contributed by atoms with van der Waals surface area (Å²) in [6.07, 6.45) is 2.77. The van der Waals surface area contributed by atoms with Crippen LogP contribution in [0.2, 0.25) is 18.1 Å². The Morgan fingerprint density at radius 2 is 2.03 bits per heavy atom. The van der Waals surface area contributed by atoms with Crippen LogP contribution in [-0.2, 0) is 14.0 Å². The first-order chi connectivity index (χ1) is 15.2. The summed E-state index contributed by atoms with van der Waals surface area (Å²) in [5.74, 6) is -2.37. The lowest BCUT2D eigenvalue weighted by Gasteiger charge is -2.44. The van der Waals surface area contributed by atoms with Crippen molar-refractivity contribution in [3.8, 4) is 0 Å². The third kappa shape index (κ3) is 3.76. The standard InChI is InChI=1S/C22H29N3O6SSi/c1-11(26)16-13-7-12(18(21(29)30)25(13)19(16)28)15-8-24-10-23-17(20(24)32-15)14(27)9-31-33(5,6)22(2,3)4/h8,10-11,13,16,26H,7,9H2,1-6H3,(H,29,30)/t11-,13-,16-/m1/s1. The highest BCUT2D eigenvalue weighted by Crippen LogP contribution is 2.48. The van der Waals surface area contributed by atoms with Crippen LogP contribution in [0.4, 0.5) is 0 Å². The highest BCUT2D eigenvalue weighted by Gasteiger charge is 2.57. The van der Waals surface area contributed by atoms with E-state index in [1.165, 1.54) is 22.6 Å². The van der Waals surface area contributed by atoms with Gasteiger partial charge in [0, 0.05) is 11.8 Å². The van der Waals surface area contributed by atoms with Crippen molar-refractivity contribution >= 4 is 47.7 Å². The van der Waals surface area contributed by atoms with E-state index in [2.05, 4.69) is 38.8 Å². The van der Waals surface area contributed by atoms with Crippen LogP contribution < -0.4 is 0 Å². The highest BCUT2D eigenvalue weighted by atomic mass is 32.1. The summed E-state index contributed by atoms with van der Waals surface area (Å²) in [5, 5.41) is 19.7. The van der Waals surface area contributed by atoms with Crippen molar-refractivity contribution in [2.75, 3.05) is 6.61 Å². The molecule has 178 valence electrons. The number of aliphatic hydroxyl groups excluding tert-OH is 1. The van der Waals surface area contributed by atoms with Crippen molar-refractivity contribution < 1.29 is 29.0 Å². The number of aliphatic hydroxyl groups is 1. The lowest BCUT2D eigenvalue weighted by Crippen LogP contribution is -2.61. The summed E-state index contributed by atoms with van der Waals surface area (Å²) in [4.78, 5) is 44.2. The summed E-state index contributed by atoms with van der Waals surface area (Å²) in [5.41, 5.74) is 0.781. The zero-order valence-corrected chi connectivity index (χ0v) is 21.4. The molecule has 0 spiro atoms. The number of hydrogen-bond acceptors (Lipinski definition) is 7. The lowest BCUT2D eigenvalue weighted by molar-refractivity contribution is -0.161. The molecule has 0 aliphatic carbocycles. The molecule has 2 aromatic heterocycles. The molecule has 0 saturated carbocycles. The number of fused-ring (bicyclic) bond motifs is 2. The summed E-state index contributed by atoms with van der Waals surface area (Å²) in [7, 11) is -2.10. The van der Waals surface area contributed by atoms with Crippen LogP contribution in [0.3, 0.4) is 0 Å². The molecule has 0 radical (unpaired) electrons. The van der Waals surface area contributed by atoms with Gasteiger partial charge in [0.25, 0.3) is 0 Å². The molecule has 4 rings (SSSR count). The van der Waals surface area contributed by atoms with Crippen LogP contribution in [0, 0.1) is 5.92 Å². The maximum atomic E-state index is 12.9. The number of hydrogen-bond donors (Lipinski definition) is 2. The molecule has 1 amide bonds. The van der Waals surface area contributed by atoms with Crippen LogP contribution in [0.5, 0.6) is 0 Å². The van der Waals surface area contributed by atoms with Gasteiger partial charge >= 0.3 is 5.97 Å². The number of ketones is 1. The Hall–Kier alpha value is -2.34. The molecule has 1 saturated heterocycles.